The van der Waals surface area contributed by atoms with Crippen LogP contribution in [0.25, 0.3) is 32.1 Å². The van der Waals surface area contributed by atoms with Gasteiger partial charge in [0.1, 0.15) is 12.4 Å². The lowest BCUT2D eigenvalue weighted by Gasteiger charge is -2.18. The highest BCUT2D eigenvalue weighted by Crippen LogP contribution is 2.38. The standard InChI is InChI=1S/C23H26N4O2S/c1-13(2)7-15(24)11-29-20-9-19-17(8-18(20)21-10-25-12-30-21)16-5-6-26-14(3)22(16)23(28)27(19)4/h5-6,8-10,12-13,15H,7,11,24H2,1-4H3. The van der Waals surface area contributed by atoms with Crippen LogP contribution in [0.3, 0.4) is 0 Å². The van der Waals surface area contributed by atoms with Crippen molar-refractivity contribution in [1.29, 1.82) is 0 Å². The van der Waals surface area contributed by atoms with Gasteiger partial charge in [-0.25, -0.2) is 0 Å². The Labute approximate surface area is 179 Å². The molecule has 3 aromatic heterocycles. The van der Waals surface area contributed by atoms with Crippen molar-refractivity contribution in [2.75, 3.05) is 6.61 Å². The van der Waals surface area contributed by atoms with Crippen molar-refractivity contribution in [3.05, 3.63) is 52.2 Å². The summed E-state index contributed by atoms with van der Waals surface area (Å²) in [6, 6.07) is 5.89. The highest BCUT2D eigenvalue weighted by atomic mass is 32.1. The first-order valence-corrected chi connectivity index (χ1v) is 10.9. The predicted molar refractivity (Wildman–Crippen MR) is 123 cm³/mol. The van der Waals surface area contributed by atoms with E-state index in [1.165, 1.54) is 0 Å². The minimum Gasteiger partial charge on any atom is -0.491 e. The van der Waals surface area contributed by atoms with Crippen molar-refractivity contribution < 1.29 is 4.74 Å². The van der Waals surface area contributed by atoms with Crippen LogP contribution in [-0.4, -0.2) is 27.2 Å². The first-order valence-electron chi connectivity index (χ1n) is 10.1. The molecule has 7 heteroatoms. The molecule has 4 rings (SSSR count). The lowest BCUT2D eigenvalue weighted by Crippen LogP contribution is -2.29. The fraction of sp³-hybridized carbons (Fsp3) is 0.348. The average molecular weight is 423 g/mol. The molecule has 3 heterocycles. The molecule has 1 aromatic carbocycles. The van der Waals surface area contributed by atoms with E-state index < -0.39 is 0 Å². The summed E-state index contributed by atoms with van der Waals surface area (Å²) in [6.07, 6.45) is 4.47. The number of hydrogen-bond acceptors (Lipinski definition) is 6. The normalized spacial score (nSPS) is 12.7. The molecule has 1 unspecified atom stereocenters. The number of thiazole rings is 1. The zero-order chi connectivity index (χ0) is 21.4. The first kappa shape index (κ1) is 20.5. The van der Waals surface area contributed by atoms with Gasteiger partial charge in [0.05, 0.1) is 27.0 Å². The van der Waals surface area contributed by atoms with Gasteiger partial charge in [-0.15, -0.1) is 11.3 Å². The molecular weight excluding hydrogens is 396 g/mol. The molecule has 0 spiro atoms. The van der Waals surface area contributed by atoms with Crippen LogP contribution in [-0.2, 0) is 7.05 Å². The minimum absolute atomic E-state index is 0.0517. The Morgan fingerprint density at radius 2 is 2.07 bits per heavy atom. The molecule has 2 N–H and O–H groups in total. The van der Waals surface area contributed by atoms with Crippen molar-refractivity contribution >= 4 is 33.0 Å². The maximum absolute atomic E-state index is 13.0. The number of aromatic nitrogens is 3. The summed E-state index contributed by atoms with van der Waals surface area (Å²) in [7, 11) is 1.79. The molecule has 0 aliphatic carbocycles. The maximum Gasteiger partial charge on any atom is 0.260 e. The van der Waals surface area contributed by atoms with Crippen LogP contribution in [0.4, 0.5) is 0 Å². The van der Waals surface area contributed by atoms with Crippen molar-refractivity contribution in [3.63, 3.8) is 0 Å². The van der Waals surface area contributed by atoms with Gasteiger partial charge in [-0.1, -0.05) is 13.8 Å². The van der Waals surface area contributed by atoms with E-state index in [2.05, 4.69) is 29.9 Å². The zero-order valence-electron chi connectivity index (χ0n) is 17.7. The summed E-state index contributed by atoms with van der Waals surface area (Å²) in [5.74, 6) is 1.22. The molecule has 6 nitrogen and oxygen atoms in total. The van der Waals surface area contributed by atoms with Gasteiger partial charge in [-0.2, -0.15) is 0 Å². The van der Waals surface area contributed by atoms with E-state index in [0.717, 1.165) is 38.8 Å². The van der Waals surface area contributed by atoms with Crippen molar-refractivity contribution in [3.8, 4) is 16.2 Å². The summed E-state index contributed by atoms with van der Waals surface area (Å²) in [5, 5.41) is 2.53. The molecule has 0 aliphatic heterocycles. The molecule has 156 valence electrons. The van der Waals surface area contributed by atoms with E-state index in [9.17, 15) is 4.79 Å². The Kier molecular flexibility index (Phi) is 5.58. The molecule has 0 fully saturated rings. The third kappa shape index (κ3) is 3.70. The fourth-order valence-electron chi connectivity index (χ4n) is 3.93. The van der Waals surface area contributed by atoms with Gasteiger partial charge in [0.25, 0.3) is 5.56 Å². The van der Waals surface area contributed by atoms with Crippen LogP contribution in [0, 0.1) is 12.8 Å². The summed E-state index contributed by atoms with van der Waals surface area (Å²) < 4.78 is 7.86. The van der Waals surface area contributed by atoms with Crippen LogP contribution >= 0.6 is 11.3 Å². The van der Waals surface area contributed by atoms with Crippen LogP contribution in [0.1, 0.15) is 26.0 Å². The molecule has 0 radical (unpaired) electrons. The Bertz CT molecular complexity index is 1260. The quantitative estimate of drug-likeness (QED) is 0.469. The monoisotopic (exact) mass is 422 g/mol. The SMILES string of the molecule is Cc1nccc2c1c(=O)n(C)c1cc(OCC(N)CC(C)C)c(-c3cncs3)cc21. The molecule has 0 saturated heterocycles. The first-order chi connectivity index (χ1) is 14.4. The Morgan fingerprint density at radius 3 is 2.77 bits per heavy atom. The number of pyridine rings is 2. The second-order valence-corrected chi connectivity index (χ2v) is 9.00. The van der Waals surface area contributed by atoms with Gasteiger partial charge < -0.3 is 15.0 Å². The highest BCUT2D eigenvalue weighted by Gasteiger charge is 2.17. The third-order valence-electron chi connectivity index (χ3n) is 5.33. The lowest BCUT2D eigenvalue weighted by atomic mass is 10.0. The number of benzene rings is 1. The lowest BCUT2D eigenvalue weighted by molar-refractivity contribution is 0.272. The van der Waals surface area contributed by atoms with E-state index in [0.29, 0.717) is 23.7 Å². The maximum atomic E-state index is 13.0. The molecular formula is C23H26N4O2S. The van der Waals surface area contributed by atoms with E-state index in [-0.39, 0.29) is 11.6 Å². The van der Waals surface area contributed by atoms with E-state index in [1.54, 1.807) is 34.7 Å². The Morgan fingerprint density at radius 1 is 1.27 bits per heavy atom. The average Bonchev–Trinajstić information content (AvgIpc) is 3.24. The number of aryl methyl sites for hydroxylation is 2. The number of ether oxygens (including phenoxy) is 1. The van der Waals surface area contributed by atoms with Gasteiger partial charge >= 0.3 is 0 Å². The number of hydrogen-bond donors (Lipinski definition) is 1. The summed E-state index contributed by atoms with van der Waals surface area (Å²) in [6.45, 7) is 6.58. The van der Waals surface area contributed by atoms with E-state index in [4.69, 9.17) is 10.5 Å². The van der Waals surface area contributed by atoms with Gasteiger partial charge in [-0.3, -0.25) is 14.8 Å². The van der Waals surface area contributed by atoms with Crippen molar-refractivity contribution in [2.45, 2.75) is 33.2 Å². The van der Waals surface area contributed by atoms with Gasteiger partial charge in [0, 0.05) is 42.5 Å². The zero-order valence-corrected chi connectivity index (χ0v) is 18.5. The molecule has 1 atom stereocenters. The third-order valence-corrected chi connectivity index (χ3v) is 6.14. The summed E-state index contributed by atoms with van der Waals surface area (Å²) in [4.78, 5) is 22.6. The largest absolute Gasteiger partial charge is 0.491 e. The predicted octanol–water partition coefficient (Wildman–Crippen LogP) is 4.27. The molecule has 0 bridgehead atoms. The van der Waals surface area contributed by atoms with Gasteiger partial charge in [-0.05, 0) is 36.8 Å². The van der Waals surface area contributed by atoms with Crippen LogP contribution in [0.2, 0.25) is 0 Å². The number of nitrogens with two attached hydrogens (primary N) is 1. The number of nitrogens with zero attached hydrogens (tertiary/aromatic N) is 3. The summed E-state index contributed by atoms with van der Waals surface area (Å²) >= 11 is 1.56. The Hall–Kier alpha value is -2.77. The Balaban J connectivity index is 1.93. The van der Waals surface area contributed by atoms with Crippen LogP contribution < -0.4 is 16.0 Å². The molecule has 30 heavy (non-hydrogen) atoms. The smallest absolute Gasteiger partial charge is 0.260 e. The second-order valence-electron chi connectivity index (χ2n) is 8.11. The van der Waals surface area contributed by atoms with Gasteiger partial charge in [0.15, 0.2) is 0 Å². The van der Waals surface area contributed by atoms with E-state index >= 15 is 0 Å². The second kappa shape index (κ2) is 8.16. The van der Waals surface area contributed by atoms with Crippen LogP contribution in [0.5, 0.6) is 5.75 Å². The van der Waals surface area contributed by atoms with Crippen molar-refractivity contribution in [1.82, 2.24) is 14.5 Å². The molecule has 4 aromatic rings. The topological polar surface area (TPSA) is 83.0 Å². The van der Waals surface area contributed by atoms with Crippen molar-refractivity contribution in [2.24, 2.45) is 18.7 Å². The van der Waals surface area contributed by atoms with E-state index in [1.807, 2.05) is 25.3 Å². The summed E-state index contributed by atoms with van der Waals surface area (Å²) in [5.41, 5.74) is 10.5. The minimum atomic E-state index is -0.0592. The van der Waals surface area contributed by atoms with Gasteiger partial charge in [0.2, 0.25) is 0 Å². The number of rotatable bonds is 6. The number of fused-ring (bicyclic) bond motifs is 3. The molecule has 0 amide bonds. The fourth-order valence-corrected chi connectivity index (χ4v) is 4.57. The molecule has 0 aliphatic rings. The van der Waals surface area contributed by atoms with Crippen LogP contribution in [0.15, 0.2) is 40.9 Å². The highest BCUT2D eigenvalue weighted by molar-refractivity contribution is 7.13. The molecule has 0 saturated carbocycles.